The molecule has 170 valence electrons. The molecule has 0 aliphatic heterocycles. The fraction of sp³-hybridized carbons (Fsp3) is 0.300. The van der Waals surface area contributed by atoms with Gasteiger partial charge in [-0.25, -0.2) is 9.59 Å². The second kappa shape index (κ2) is 10.7. The number of para-hydroxylation sites is 2. The lowest BCUT2D eigenvalue weighted by Crippen LogP contribution is -2.24. The highest BCUT2D eigenvalue weighted by atomic mass is 16.6. The van der Waals surface area contributed by atoms with Crippen LogP contribution in [0.1, 0.15) is 40.3 Å². The number of carbonyl (C=O) groups excluding carboxylic acids is 4. The normalized spacial score (nSPS) is 10.2. The van der Waals surface area contributed by atoms with E-state index in [0.717, 1.165) is 0 Å². The van der Waals surface area contributed by atoms with Gasteiger partial charge in [0.2, 0.25) is 5.88 Å². The van der Waals surface area contributed by atoms with E-state index in [1.54, 1.807) is 6.92 Å². The number of ether oxygens (including phenoxy) is 3. The van der Waals surface area contributed by atoms with E-state index < -0.39 is 41.8 Å². The van der Waals surface area contributed by atoms with Crippen molar-refractivity contribution in [2.75, 3.05) is 25.1 Å². The van der Waals surface area contributed by atoms with E-state index in [1.165, 1.54) is 38.1 Å². The molecule has 32 heavy (non-hydrogen) atoms. The molecule has 12 heteroatoms. The number of benzene rings is 1. The van der Waals surface area contributed by atoms with E-state index in [9.17, 15) is 29.3 Å². The molecule has 0 atom stereocenters. The largest absolute Gasteiger partial charge is 0.475 e. The van der Waals surface area contributed by atoms with Crippen LogP contribution in [0.4, 0.5) is 11.6 Å². The highest BCUT2D eigenvalue weighted by Gasteiger charge is 2.29. The summed E-state index contributed by atoms with van der Waals surface area (Å²) in [5, 5.41) is 13.2. The number of esters is 2. The van der Waals surface area contributed by atoms with Crippen molar-refractivity contribution in [1.29, 1.82) is 0 Å². The second-order valence-corrected chi connectivity index (χ2v) is 6.24. The minimum absolute atomic E-state index is 0.0327. The van der Waals surface area contributed by atoms with Crippen LogP contribution in [0.3, 0.4) is 0 Å². The summed E-state index contributed by atoms with van der Waals surface area (Å²) < 4.78 is 20.0. The molecular formula is C20H20N2O10. The molecule has 1 aromatic heterocycles. The lowest BCUT2D eigenvalue weighted by Gasteiger charge is -2.08. The summed E-state index contributed by atoms with van der Waals surface area (Å²) in [5.41, 5.74) is -0.608. The quantitative estimate of drug-likeness (QED) is 0.247. The number of ketones is 1. The first-order valence-corrected chi connectivity index (χ1v) is 9.28. The zero-order valence-corrected chi connectivity index (χ0v) is 17.5. The van der Waals surface area contributed by atoms with Crippen LogP contribution < -0.4 is 10.1 Å². The van der Waals surface area contributed by atoms with Crippen molar-refractivity contribution in [1.82, 2.24) is 0 Å². The number of nitrogens with one attached hydrogen (secondary N) is 1. The van der Waals surface area contributed by atoms with E-state index in [0.29, 0.717) is 0 Å². The van der Waals surface area contributed by atoms with Crippen molar-refractivity contribution in [3.05, 3.63) is 51.3 Å². The number of furan rings is 1. The molecule has 12 nitrogen and oxygen atoms in total. The Morgan fingerprint density at radius 2 is 1.78 bits per heavy atom. The Kier molecular flexibility index (Phi) is 8.04. The van der Waals surface area contributed by atoms with Gasteiger partial charge in [-0.3, -0.25) is 25.0 Å². The number of nitro benzene ring substituents is 1. The van der Waals surface area contributed by atoms with Gasteiger partial charge in [0, 0.05) is 6.07 Å². The summed E-state index contributed by atoms with van der Waals surface area (Å²) in [4.78, 5) is 58.3. The molecule has 2 aromatic rings. The molecule has 0 bridgehead atoms. The summed E-state index contributed by atoms with van der Waals surface area (Å²) in [6.45, 7) is 2.82. The fourth-order valence-corrected chi connectivity index (χ4v) is 2.67. The zero-order chi connectivity index (χ0) is 23.8. The first-order valence-electron chi connectivity index (χ1n) is 9.28. The molecule has 1 aromatic carbocycles. The summed E-state index contributed by atoms with van der Waals surface area (Å²) in [6.07, 6.45) is 0. The van der Waals surface area contributed by atoms with Crippen molar-refractivity contribution in [2.24, 2.45) is 0 Å². The summed E-state index contributed by atoms with van der Waals surface area (Å²) in [5.74, 6) is -3.51. The average Bonchev–Trinajstić information content (AvgIpc) is 3.06. The van der Waals surface area contributed by atoms with Gasteiger partial charge < -0.3 is 18.6 Å². The summed E-state index contributed by atoms with van der Waals surface area (Å²) >= 11 is 0. The van der Waals surface area contributed by atoms with Crippen molar-refractivity contribution in [3.63, 3.8) is 0 Å². The van der Waals surface area contributed by atoms with Crippen LogP contribution in [-0.4, -0.2) is 48.4 Å². The van der Waals surface area contributed by atoms with Gasteiger partial charge in [-0.2, -0.15) is 0 Å². The van der Waals surface area contributed by atoms with Crippen LogP contribution in [0, 0.1) is 17.0 Å². The van der Waals surface area contributed by atoms with Crippen molar-refractivity contribution < 1.29 is 42.7 Å². The van der Waals surface area contributed by atoms with Gasteiger partial charge in [0.05, 0.1) is 17.1 Å². The number of hydrogen-bond acceptors (Lipinski definition) is 10. The third-order valence-electron chi connectivity index (χ3n) is 3.94. The molecule has 0 saturated carbocycles. The molecule has 0 aliphatic rings. The predicted molar refractivity (Wildman–Crippen MR) is 108 cm³/mol. The van der Waals surface area contributed by atoms with Crippen molar-refractivity contribution in [2.45, 2.75) is 20.8 Å². The van der Waals surface area contributed by atoms with Crippen molar-refractivity contribution >= 4 is 35.2 Å². The molecular weight excluding hydrogens is 428 g/mol. The van der Waals surface area contributed by atoms with Gasteiger partial charge in [0.15, 0.2) is 24.7 Å². The maximum atomic E-state index is 12.2. The number of nitro groups is 1. The molecule has 1 amide bonds. The Balaban J connectivity index is 1.99. The molecule has 0 radical (unpaired) electrons. The minimum Gasteiger partial charge on any atom is -0.475 e. The Labute approximate surface area is 181 Å². The number of hydrogen-bond donors (Lipinski definition) is 1. The number of amides is 1. The lowest BCUT2D eigenvalue weighted by molar-refractivity contribution is -0.385. The van der Waals surface area contributed by atoms with E-state index in [-0.39, 0.29) is 40.8 Å². The van der Waals surface area contributed by atoms with Crippen molar-refractivity contribution in [3.8, 4) is 5.75 Å². The number of anilines is 1. The number of rotatable bonds is 10. The van der Waals surface area contributed by atoms with Crippen LogP contribution in [0.15, 0.2) is 28.7 Å². The van der Waals surface area contributed by atoms with Crippen LogP contribution in [0.2, 0.25) is 0 Å². The van der Waals surface area contributed by atoms with Crippen LogP contribution in [0.25, 0.3) is 0 Å². The predicted octanol–water partition coefficient (Wildman–Crippen LogP) is 2.44. The average molecular weight is 448 g/mol. The van der Waals surface area contributed by atoms with Crippen LogP contribution >= 0.6 is 0 Å². The Hall–Kier alpha value is -4.22. The van der Waals surface area contributed by atoms with Crippen LogP contribution in [0.5, 0.6) is 5.75 Å². The van der Waals surface area contributed by atoms with Gasteiger partial charge in [-0.05, 0) is 26.8 Å². The molecule has 1 N–H and O–H groups in total. The lowest BCUT2D eigenvalue weighted by atomic mass is 10.1. The van der Waals surface area contributed by atoms with E-state index >= 15 is 0 Å². The Morgan fingerprint density at radius 3 is 2.41 bits per heavy atom. The maximum Gasteiger partial charge on any atom is 0.344 e. The van der Waals surface area contributed by atoms with E-state index in [2.05, 4.69) is 5.32 Å². The third-order valence-corrected chi connectivity index (χ3v) is 3.94. The molecule has 1 heterocycles. The second-order valence-electron chi connectivity index (χ2n) is 6.24. The van der Waals surface area contributed by atoms with E-state index in [4.69, 9.17) is 18.6 Å². The molecule has 0 unspecified atom stereocenters. The van der Waals surface area contributed by atoms with Gasteiger partial charge in [0.1, 0.15) is 11.3 Å². The smallest absolute Gasteiger partial charge is 0.344 e. The van der Waals surface area contributed by atoms with E-state index in [1.807, 2.05) is 0 Å². The maximum absolute atomic E-state index is 12.2. The number of Topliss-reactive ketones (excluding diaryl/α,β-unsaturated/α-hetero) is 1. The monoisotopic (exact) mass is 448 g/mol. The zero-order valence-electron chi connectivity index (χ0n) is 17.5. The number of aryl methyl sites for hydroxylation is 1. The third kappa shape index (κ3) is 5.90. The summed E-state index contributed by atoms with van der Waals surface area (Å²) in [6, 6.07) is 5.44. The molecule has 0 spiro atoms. The fourth-order valence-electron chi connectivity index (χ4n) is 2.67. The highest BCUT2D eigenvalue weighted by molar-refractivity contribution is 6.10. The van der Waals surface area contributed by atoms with Gasteiger partial charge in [-0.1, -0.05) is 12.1 Å². The van der Waals surface area contributed by atoms with Gasteiger partial charge >= 0.3 is 17.6 Å². The molecule has 0 aliphatic carbocycles. The Bertz CT molecular complexity index is 1060. The molecule has 2 rings (SSSR count). The summed E-state index contributed by atoms with van der Waals surface area (Å²) in [7, 11) is 0. The van der Waals surface area contributed by atoms with Crippen LogP contribution in [-0.2, 0) is 19.1 Å². The molecule has 0 saturated heterocycles. The molecule has 0 fully saturated rings. The highest BCUT2D eigenvalue weighted by Crippen LogP contribution is 2.28. The first kappa shape index (κ1) is 24.1. The number of carbonyl (C=O) groups is 4. The Morgan fingerprint density at radius 1 is 1.09 bits per heavy atom. The van der Waals surface area contributed by atoms with Gasteiger partial charge in [0.25, 0.3) is 5.91 Å². The SMILES string of the molecule is CCOC(=O)c1c(NC(=O)COC(=O)COc2ccccc2[N+](=O)[O-])oc(C)c1C(C)=O. The number of nitrogens with zero attached hydrogens (tertiary/aromatic N) is 1. The standard InChI is InChI=1S/C20H20N2O10/c1-4-29-20(26)18-17(11(2)23)12(3)32-19(18)21-15(24)9-31-16(25)10-30-14-8-6-5-7-13(14)22(27)28/h5-8H,4,9-10H2,1-3H3,(H,21,24). The first-order chi connectivity index (χ1) is 15.1. The topological polar surface area (TPSA) is 164 Å². The van der Waals surface area contributed by atoms with Gasteiger partial charge in [-0.15, -0.1) is 0 Å². The minimum atomic E-state index is -0.969.